The number of anilines is 1. The lowest BCUT2D eigenvalue weighted by Gasteiger charge is -2.29. The van der Waals surface area contributed by atoms with Gasteiger partial charge in [-0.05, 0) is 19.3 Å². The lowest BCUT2D eigenvalue weighted by molar-refractivity contribution is 0.135. The Hall–Kier alpha value is -1.20. The van der Waals surface area contributed by atoms with Crippen molar-refractivity contribution in [1.82, 2.24) is 14.9 Å². The second kappa shape index (κ2) is 9.66. The highest BCUT2D eigenvalue weighted by Crippen LogP contribution is 2.12. The van der Waals surface area contributed by atoms with Crippen LogP contribution in [0.4, 0.5) is 5.82 Å². The number of nitrogens with zero attached hydrogens (tertiary/aromatic N) is 3. The third-order valence-electron chi connectivity index (χ3n) is 3.47. The Labute approximate surface area is 122 Å². The SMILES string of the molecule is CCCNc1cnc(CN(CCO)C(CC)CC)cn1. The fourth-order valence-corrected chi connectivity index (χ4v) is 2.31. The van der Waals surface area contributed by atoms with Crippen LogP contribution in [0.5, 0.6) is 0 Å². The predicted octanol–water partition coefficient (Wildman–Crippen LogP) is 2.28. The molecule has 0 unspecified atom stereocenters. The van der Waals surface area contributed by atoms with Crippen LogP contribution in [0.1, 0.15) is 45.7 Å². The summed E-state index contributed by atoms with van der Waals surface area (Å²) in [5, 5.41) is 12.4. The molecule has 1 rings (SSSR count). The Morgan fingerprint density at radius 2 is 1.95 bits per heavy atom. The van der Waals surface area contributed by atoms with Crippen molar-refractivity contribution in [2.24, 2.45) is 0 Å². The second-order valence-corrected chi connectivity index (χ2v) is 4.98. The first-order chi connectivity index (χ1) is 9.74. The lowest BCUT2D eigenvalue weighted by atomic mass is 10.1. The molecule has 0 amide bonds. The Kier molecular flexibility index (Phi) is 8.14. The van der Waals surface area contributed by atoms with Gasteiger partial charge in [0.2, 0.25) is 0 Å². The van der Waals surface area contributed by atoms with Crippen molar-refractivity contribution in [2.45, 2.75) is 52.6 Å². The van der Waals surface area contributed by atoms with Crippen molar-refractivity contribution in [2.75, 3.05) is 25.0 Å². The van der Waals surface area contributed by atoms with E-state index in [-0.39, 0.29) is 6.61 Å². The zero-order chi connectivity index (χ0) is 14.8. The highest BCUT2D eigenvalue weighted by molar-refractivity contribution is 5.30. The van der Waals surface area contributed by atoms with E-state index in [4.69, 9.17) is 0 Å². The van der Waals surface area contributed by atoms with E-state index < -0.39 is 0 Å². The molecule has 0 radical (unpaired) electrons. The van der Waals surface area contributed by atoms with Crippen molar-refractivity contribution < 1.29 is 5.11 Å². The summed E-state index contributed by atoms with van der Waals surface area (Å²) < 4.78 is 0. The van der Waals surface area contributed by atoms with E-state index in [0.717, 1.165) is 43.9 Å². The number of rotatable bonds is 10. The molecule has 1 heterocycles. The Bertz CT molecular complexity index is 351. The molecule has 0 aliphatic carbocycles. The van der Waals surface area contributed by atoms with Gasteiger partial charge < -0.3 is 10.4 Å². The minimum atomic E-state index is 0.181. The van der Waals surface area contributed by atoms with Crippen molar-refractivity contribution in [3.63, 3.8) is 0 Å². The molecule has 1 aromatic rings. The maximum atomic E-state index is 9.21. The average molecular weight is 280 g/mol. The molecule has 0 fully saturated rings. The van der Waals surface area contributed by atoms with Crippen LogP contribution in [-0.2, 0) is 6.54 Å². The van der Waals surface area contributed by atoms with Crippen LogP contribution >= 0.6 is 0 Å². The first-order valence-electron chi connectivity index (χ1n) is 7.64. The van der Waals surface area contributed by atoms with Gasteiger partial charge in [0.15, 0.2) is 0 Å². The summed E-state index contributed by atoms with van der Waals surface area (Å²) in [6, 6.07) is 0.488. The van der Waals surface area contributed by atoms with E-state index in [1.54, 1.807) is 6.20 Å². The molecular formula is C15H28N4O. The molecule has 0 saturated carbocycles. The van der Waals surface area contributed by atoms with Crippen LogP contribution in [0, 0.1) is 0 Å². The van der Waals surface area contributed by atoms with E-state index >= 15 is 0 Å². The number of aliphatic hydroxyl groups is 1. The zero-order valence-corrected chi connectivity index (χ0v) is 13.0. The van der Waals surface area contributed by atoms with Gasteiger partial charge in [0.05, 0.1) is 24.7 Å². The average Bonchev–Trinajstić information content (AvgIpc) is 2.48. The van der Waals surface area contributed by atoms with Crippen molar-refractivity contribution in [3.8, 4) is 0 Å². The van der Waals surface area contributed by atoms with Gasteiger partial charge >= 0.3 is 0 Å². The van der Waals surface area contributed by atoms with Gasteiger partial charge in [-0.3, -0.25) is 9.88 Å². The van der Waals surface area contributed by atoms with Crippen LogP contribution in [-0.4, -0.2) is 45.7 Å². The number of hydrogen-bond acceptors (Lipinski definition) is 5. The highest BCUT2D eigenvalue weighted by atomic mass is 16.3. The molecular weight excluding hydrogens is 252 g/mol. The molecule has 114 valence electrons. The molecule has 5 nitrogen and oxygen atoms in total. The van der Waals surface area contributed by atoms with E-state index in [9.17, 15) is 5.11 Å². The van der Waals surface area contributed by atoms with Crippen LogP contribution < -0.4 is 5.32 Å². The molecule has 0 aromatic carbocycles. The quantitative estimate of drug-likeness (QED) is 0.688. The van der Waals surface area contributed by atoms with Gasteiger partial charge in [-0.2, -0.15) is 0 Å². The molecule has 2 N–H and O–H groups in total. The van der Waals surface area contributed by atoms with Gasteiger partial charge in [0.1, 0.15) is 5.82 Å². The van der Waals surface area contributed by atoms with Gasteiger partial charge in [-0.15, -0.1) is 0 Å². The molecule has 0 atom stereocenters. The Morgan fingerprint density at radius 1 is 1.20 bits per heavy atom. The van der Waals surface area contributed by atoms with Crippen molar-refractivity contribution >= 4 is 5.82 Å². The first kappa shape index (κ1) is 16.9. The third kappa shape index (κ3) is 5.43. The maximum absolute atomic E-state index is 9.21. The fraction of sp³-hybridized carbons (Fsp3) is 0.733. The van der Waals surface area contributed by atoms with Gasteiger partial charge in [0.25, 0.3) is 0 Å². The topological polar surface area (TPSA) is 61.3 Å². The summed E-state index contributed by atoms with van der Waals surface area (Å²) in [5.41, 5.74) is 0.951. The number of aromatic nitrogens is 2. The summed E-state index contributed by atoms with van der Waals surface area (Å²) in [5.74, 6) is 0.826. The predicted molar refractivity (Wildman–Crippen MR) is 82.7 cm³/mol. The van der Waals surface area contributed by atoms with E-state index in [1.165, 1.54) is 0 Å². The molecule has 0 spiro atoms. The number of nitrogens with one attached hydrogen (secondary N) is 1. The molecule has 0 aliphatic rings. The van der Waals surface area contributed by atoms with Crippen LogP contribution in [0.3, 0.4) is 0 Å². The summed E-state index contributed by atoms with van der Waals surface area (Å²) >= 11 is 0. The summed E-state index contributed by atoms with van der Waals surface area (Å²) in [4.78, 5) is 11.1. The smallest absolute Gasteiger partial charge is 0.144 e. The van der Waals surface area contributed by atoms with Gasteiger partial charge in [-0.1, -0.05) is 20.8 Å². The Morgan fingerprint density at radius 3 is 2.45 bits per heavy atom. The third-order valence-corrected chi connectivity index (χ3v) is 3.47. The van der Waals surface area contributed by atoms with E-state index in [1.807, 2.05) is 6.20 Å². The van der Waals surface area contributed by atoms with Gasteiger partial charge in [0, 0.05) is 25.7 Å². The highest BCUT2D eigenvalue weighted by Gasteiger charge is 2.15. The molecule has 0 bridgehead atoms. The second-order valence-electron chi connectivity index (χ2n) is 4.98. The fourth-order valence-electron chi connectivity index (χ4n) is 2.31. The van der Waals surface area contributed by atoms with Crippen LogP contribution in [0.15, 0.2) is 12.4 Å². The molecule has 0 aliphatic heterocycles. The largest absolute Gasteiger partial charge is 0.395 e. The first-order valence-corrected chi connectivity index (χ1v) is 7.64. The lowest BCUT2D eigenvalue weighted by Crippen LogP contribution is -2.36. The minimum Gasteiger partial charge on any atom is -0.395 e. The summed E-state index contributed by atoms with van der Waals surface area (Å²) in [7, 11) is 0. The molecule has 1 aromatic heterocycles. The maximum Gasteiger partial charge on any atom is 0.144 e. The molecule has 5 heteroatoms. The zero-order valence-electron chi connectivity index (χ0n) is 13.0. The summed E-state index contributed by atoms with van der Waals surface area (Å²) in [6.07, 6.45) is 6.85. The molecule has 0 saturated heterocycles. The Balaban J connectivity index is 2.63. The van der Waals surface area contributed by atoms with Gasteiger partial charge in [-0.25, -0.2) is 4.98 Å². The van der Waals surface area contributed by atoms with Crippen molar-refractivity contribution in [3.05, 3.63) is 18.1 Å². The van der Waals surface area contributed by atoms with E-state index in [0.29, 0.717) is 12.6 Å². The number of aliphatic hydroxyl groups excluding tert-OH is 1. The minimum absolute atomic E-state index is 0.181. The van der Waals surface area contributed by atoms with Crippen LogP contribution in [0.2, 0.25) is 0 Å². The number of hydrogen-bond donors (Lipinski definition) is 2. The standard InChI is InChI=1S/C15H28N4O/c1-4-7-16-15-11-17-13(10-18-15)12-19(8-9-20)14(5-2)6-3/h10-11,14,20H,4-9,12H2,1-3H3,(H,16,18). The van der Waals surface area contributed by atoms with E-state index in [2.05, 4.69) is 41.0 Å². The normalized spacial score (nSPS) is 11.3. The summed E-state index contributed by atoms with van der Waals surface area (Å²) in [6.45, 7) is 9.01. The van der Waals surface area contributed by atoms with Crippen LogP contribution in [0.25, 0.3) is 0 Å². The van der Waals surface area contributed by atoms with Crippen molar-refractivity contribution in [1.29, 1.82) is 0 Å². The molecule has 20 heavy (non-hydrogen) atoms. The monoisotopic (exact) mass is 280 g/mol.